The van der Waals surface area contributed by atoms with Gasteiger partial charge < -0.3 is 19.8 Å². The molecule has 2 aliphatic rings. The lowest BCUT2D eigenvalue weighted by molar-refractivity contribution is -0.246. The van der Waals surface area contributed by atoms with Gasteiger partial charge in [0.2, 0.25) is 5.60 Å². The standard InChI is InChI=1S/C21H20F3NO4/c1-12-8-13(19(27)25-10-14(11-25)29-7-6-26)9-17-18(12)15-4-2-3-5-16(15)20(17,28)21(22,23)24/h2-5,8-9,14,26,28H,6-7,10-11H2,1H3. The molecule has 29 heavy (non-hydrogen) atoms. The van der Waals surface area contributed by atoms with Gasteiger partial charge >= 0.3 is 6.18 Å². The zero-order valence-corrected chi connectivity index (χ0v) is 15.7. The van der Waals surface area contributed by atoms with E-state index >= 15 is 0 Å². The number of carbonyl (C=O) groups excluding carboxylic acids is 1. The second-order valence-electron chi connectivity index (χ2n) is 7.40. The Morgan fingerprint density at radius 3 is 2.59 bits per heavy atom. The van der Waals surface area contributed by atoms with E-state index in [4.69, 9.17) is 9.84 Å². The van der Waals surface area contributed by atoms with Crippen molar-refractivity contribution >= 4 is 5.91 Å². The highest BCUT2D eigenvalue weighted by Crippen LogP contribution is 2.56. The molecule has 5 nitrogen and oxygen atoms in total. The van der Waals surface area contributed by atoms with Crippen molar-refractivity contribution in [3.63, 3.8) is 0 Å². The molecule has 0 spiro atoms. The van der Waals surface area contributed by atoms with Crippen LogP contribution >= 0.6 is 0 Å². The minimum absolute atomic E-state index is 0.0948. The SMILES string of the molecule is Cc1cc(C(=O)N2CC(OCCO)C2)cc2c1-c1ccccc1C2(O)C(F)(F)F. The van der Waals surface area contributed by atoms with Gasteiger partial charge in [0.15, 0.2) is 0 Å². The van der Waals surface area contributed by atoms with E-state index in [2.05, 4.69) is 0 Å². The van der Waals surface area contributed by atoms with E-state index in [1.807, 2.05) is 0 Å². The lowest BCUT2D eigenvalue weighted by Gasteiger charge is -2.39. The first-order valence-electron chi connectivity index (χ1n) is 9.24. The summed E-state index contributed by atoms with van der Waals surface area (Å²) < 4.78 is 47.3. The van der Waals surface area contributed by atoms with Crippen LogP contribution in [-0.2, 0) is 10.3 Å². The Morgan fingerprint density at radius 1 is 1.24 bits per heavy atom. The van der Waals surface area contributed by atoms with Crippen LogP contribution in [0.2, 0.25) is 0 Å². The van der Waals surface area contributed by atoms with Gasteiger partial charge in [-0.05, 0) is 35.7 Å². The summed E-state index contributed by atoms with van der Waals surface area (Å²) >= 11 is 0. The highest BCUT2D eigenvalue weighted by molar-refractivity contribution is 5.97. The number of ether oxygens (including phenoxy) is 1. The molecular formula is C21H20F3NO4. The Hall–Kier alpha value is -2.42. The molecule has 0 saturated carbocycles. The second kappa shape index (κ2) is 6.83. The number of hydrogen-bond acceptors (Lipinski definition) is 4. The van der Waals surface area contributed by atoms with Crippen LogP contribution in [0, 0.1) is 6.92 Å². The average molecular weight is 407 g/mol. The number of alkyl halides is 3. The summed E-state index contributed by atoms with van der Waals surface area (Å²) in [5.41, 5.74) is -2.49. The molecular weight excluding hydrogens is 387 g/mol. The molecule has 1 unspecified atom stereocenters. The fourth-order valence-electron chi connectivity index (χ4n) is 4.13. The van der Waals surface area contributed by atoms with Crippen molar-refractivity contribution < 1.29 is 32.9 Å². The molecule has 1 fully saturated rings. The molecule has 8 heteroatoms. The van der Waals surface area contributed by atoms with Crippen molar-refractivity contribution in [2.24, 2.45) is 0 Å². The summed E-state index contributed by atoms with van der Waals surface area (Å²) in [7, 11) is 0. The number of aliphatic hydroxyl groups excluding tert-OH is 1. The van der Waals surface area contributed by atoms with Crippen molar-refractivity contribution in [1.82, 2.24) is 4.90 Å². The third kappa shape index (κ3) is 2.94. The summed E-state index contributed by atoms with van der Waals surface area (Å²) in [5.74, 6) is -0.416. The fourth-order valence-corrected chi connectivity index (χ4v) is 4.13. The number of fused-ring (bicyclic) bond motifs is 3. The highest BCUT2D eigenvalue weighted by Gasteiger charge is 2.61. The first-order valence-corrected chi connectivity index (χ1v) is 9.24. The topological polar surface area (TPSA) is 70.0 Å². The molecule has 4 rings (SSSR count). The number of likely N-dealkylation sites (tertiary alicyclic amines) is 1. The number of rotatable bonds is 4. The van der Waals surface area contributed by atoms with Crippen molar-refractivity contribution in [3.8, 4) is 11.1 Å². The Kier molecular flexibility index (Phi) is 4.68. The summed E-state index contributed by atoms with van der Waals surface area (Å²) in [6.45, 7) is 2.29. The molecule has 1 saturated heterocycles. The number of carbonyl (C=O) groups is 1. The van der Waals surface area contributed by atoms with Crippen molar-refractivity contribution in [3.05, 3.63) is 58.7 Å². The lowest BCUT2D eigenvalue weighted by atomic mass is 9.88. The smallest absolute Gasteiger partial charge is 0.394 e. The Bertz CT molecular complexity index is 969. The number of aliphatic hydroxyl groups is 2. The van der Waals surface area contributed by atoms with Gasteiger partial charge in [-0.1, -0.05) is 24.3 Å². The number of halogens is 3. The quantitative estimate of drug-likeness (QED) is 0.818. The normalized spacial score (nSPS) is 21.0. The molecule has 1 aliphatic heterocycles. The molecule has 0 radical (unpaired) electrons. The highest BCUT2D eigenvalue weighted by atomic mass is 19.4. The predicted octanol–water partition coefficient (Wildman–Crippen LogP) is 2.61. The number of aryl methyl sites for hydroxylation is 1. The van der Waals surface area contributed by atoms with Crippen LogP contribution in [0.1, 0.15) is 27.0 Å². The van der Waals surface area contributed by atoms with Crippen LogP contribution in [0.25, 0.3) is 11.1 Å². The minimum Gasteiger partial charge on any atom is -0.394 e. The molecule has 1 amide bonds. The largest absolute Gasteiger partial charge is 0.425 e. The van der Waals surface area contributed by atoms with Crippen molar-refractivity contribution in [2.45, 2.75) is 24.8 Å². The van der Waals surface area contributed by atoms with Crippen LogP contribution in [0.4, 0.5) is 13.2 Å². The van der Waals surface area contributed by atoms with Crippen molar-refractivity contribution in [1.29, 1.82) is 0 Å². The second-order valence-corrected chi connectivity index (χ2v) is 7.40. The van der Waals surface area contributed by atoms with Gasteiger partial charge in [0, 0.05) is 29.8 Å². The zero-order valence-electron chi connectivity index (χ0n) is 15.7. The summed E-state index contributed by atoms with van der Waals surface area (Å²) in [4.78, 5) is 14.3. The Labute approximate surface area is 165 Å². The summed E-state index contributed by atoms with van der Waals surface area (Å²) in [6.07, 6.45) is -5.14. The van der Waals surface area contributed by atoms with Crippen molar-refractivity contribution in [2.75, 3.05) is 26.3 Å². The number of nitrogens with zero attached hydrogens (tertiary/aromatic N) is 1. The average Bonchev–Trinajstić information content (AvgIpc) is 2.91. The minimum atomic E-state index is -4.94. The first kappa shape index (κ1) is 19.9. The number of hydrogen-bond donors (Lipinski definition) is 2. The maximum atomic E-state index is 14.0. The molecule has 2 N–H and O–H groups in total. The first-order chi connectivity index (χ1) is 13.7. The molecule has 1 aliphatic carbocycles. The Morgan fingerprint density at radius 2 is 1.93 bits per heavy atom. The fraction of sp³-hybridized carbons (Fsp3) is 0.381. The molecule has 2 aromatic rings. The van der Waals surface area contributed by atoms with Crippen LogP contribution < -0.4 is 0 Å². The molecule has 154 valence electrons. The van der Waals surface area contributed by atoms with Crippen LogP contribution in [0.5, 0.6) is 0 Å². The van der Waals surface area contributed by atoms with Crippen LogP contribution in [0.3, 0.4) is 0 Å². The maximum absolute atomic E-state index is 14.0. The van der Waals surface area contributed by atoms with E-state index < -0.39 is 17.7 Å². The summed E-state index contributed by atoms with van der Waals surface area (Å²) in [6, 6.07) is 8.60. The monoisotopic (exact) mass is 407 g/mol. The van der Waals surface area contributed by atoms with E-state index in [-0.39, 0.29) is 36.0 Å². The third-order valence-electron chi connectivity index (χ3n) is 5.55. The van der Waals surface area contributed by atoms with E-state index in [0.29, 0.717) is 29.8 Å². The lowest BCUT2D eigenvalue weighted by Crippen LogP contribution is -2.55. The number of amides is 1. The molecule has 2 aromatic carbocycles. The van der Waals surface area contributed by atoms with Crippen LogP contribution in [-0.4, -0.2) is 59.6 Å². The van der Waals surface area contributed by atoms with Gasteiger partial charge in [0.05, 0.1) is 19.3 Å². The van der Waals surface area contributed by atoms with Gasteiger partial charge in [-0.15, -0.1) is 0 Å². The van der Waals surface area contributed by atoms with E-state index in [9.17, 15) is 23.1 Å². The van der Waals surface area contributed by atoms with Gasteiger partial charge in [-0.2, -0.15) is 13.2 Å². The third-order valence-corrected chi connectivity index (χ3v) is 5.55. The molecule has 1 atom stereocenters. The van der Waals surface area contributed by atoms with E-state index in [0.717, 1.165) is 6.07 Å². The van der Waals surface area contributed by atoms with Gasteiger partial charge in [0.25, 0.3) is 5.91 Å². The molecule has 0 bridgehead atoms. The molecule has 1 heterocycles. The molecule has 0 aromatic heterocycles. The van der Waals surface area contributed by atoms with Crippen LogP contribution in [0.15, 0.2) is 36.4 Å². The van der Waals surface area contributed by atoms with Gasteiger partial charge in [0.1, 0.15) is 0 Å². The zero-order chi connectivity index (χ0) is 21.0. The predicted molar refractivity (Wildman–Crippen MR) is 98.4 cm³/mol. The van der Waals surface area contributed by atoms with E-state index in [1.165, 1.54) is 17.0 Å². The summed E-state index contributed by atoms with van der Waals surface area (Å²) in [5, 5.41) is 19.6. The number of benzene rings is 2. The van der Waals surface area contributed by atoms with Gasteiger partial charge in [-0.25, -0.2) is 0 Å². The Balaban J connectivity index is 1.73. The van der Waals surface area contributed by atoms with Gasteiger partial charge in [-0.3, -0.25) is 4.79 Å². The van der Waals surface area contributed by atoms with E-state index in [1.54, 1.807) is 25.1 Å². The maximum Gasteiger partial charge on any atom is 0.425 e.